The Hall–Kier alpha value is -0.980. The van der Waals surface area contributed by atoms with Gasteiger partial charge in [0.1, 0.15) is 0 Å². The van der Waals surface area contributed by atoms with E-state index >= 15 is 0 Å². The molecule has 0 aromatic heterocycles. The van der Waals surface area contributed by atoms with Crippen molar-refractivity contribution in [3.63, 3.8) is 0 Å². The van der Waals surface area contributed by atoms with Crippen LogP contribution in [-0.4, -0.2) is 17.5 Å². The SMILES string of the molecule is CSC1CCCCC1NC(C)c1ccc(C#N)cc1. The molecule has 1 N–H and O–H groups in total. The van der Waals surface area contributed by atoms with E-state index in [0.29, 0.717) is 12.1 Å². The fourth-order valence-electron chi connectivity index (χ4n) is 2.83. The first-order valence-corrected chi connectivity index (χ1v) is 8.32. The van der Waals surface area contributed by atoms with E-state index in [0.717, 1.165) is 10.8 Å². The minimum Gasteiger partial charge on any atom is -0.306 e. The van der Waals surface area contributed by atoms with Gasteiger partial charge in [0.2, 0.25) is 0 Å². The molecule has 0 aliphatic heterocycles. The van der Waals surface area contributed by atoms with Crippen molar-refractivity contribution < 1.29 is 0 Å². The van der Waals surface area contributed by atoms with Crippen molar-refractivity contribution in [2.75, 3.05) is 6.26 Å². The standard InChI is InChI=1S/C16H22N2S/c1-12(14-9-7-13(11-17)8-10-14)18-15-5-3-4-6-16(15)19-2/h7-10,12,15-16,18H,3-6H2,1-2H3. The van der Waals surface area contributed by atoms with Gasteiger partial charge in [-0.25, -0.2) is 0 Å². The lowest BCUT2D eigenvalue weighted by atomic mass is 9.93. The normalized spacial score (nSPS) is 24.7. The number of nitriles is 1. The molecule has 19 heavy (non-hydrogen) atoms. The highest BCUT2D eigenvalue weighted by molar-refractivity contribution is 7.99. The largest absolute Gasteiger partial charge is 0.306 e. The molecule has 3 unspecified atom stereocenters. The maximum absolute atomic E-state index is 8.83. The highest BCUT2D eigenvalue weighted by Crippen LogP contribution is 2.29. The van der Waals surface area contributed by atoms with Crippen molar-refractivity contribution in [2.24, 2.45) is 0 Å². The van der Waals surface area contributed by atoms with Crippen molar-refractivity contribution >= 4 is 11.8 Å². The van der Waals surface area contributed by atoms with E-state index in [-0.39, 0.29) is 0 Å². The maximum Gasteiger partial charge on any atom is 0.0991 e. The van der Waals surface area contributed by atoms with E-state index < -0.39 is 0 Å². The predicted octanol–water partition coefficient (Wildman–Crippen LogP) is 3.88. The average Bonchev–Trinajstić information content (AvgIpc) is 2.48. The predicted molar refractivity (Wildman–Crippen MR) is 82.3 cm³/mol. The second-order valence-electron chi connectivity index (χ2n) is 5.29. The zero-order valence-electron chi connectivity index (χ0n) is 11.7. The van der Waals surface area contributed by atoms with E-state index in [2.05, 4.69) is 36.7 Å². The topological polar surface area (TPSA) is 35.8 Å². The summed E-state index contributed by atoms with van der Waals surface area (Å²) in [5.41, 5.74) is 2.00. The molecular weight excluding hydrogens is 252 g/mol. The smallest absolute Gasteiger partial charge is 0.0991 e. The number of rotatable bonds is 4. The second kappa shape index (κ2) is 6.98. The minimum absolute atomic E-state index is 0.352. The lowest BCUT2D eigenvalue weighted by molar-refractivity contribution is 0.356. The van der Waals surface area contributed by atoms with Crippen LogP contribution >= 0.6 is 11.8 Å². The molecule has 1 saturated carbocycles. The van der Waals surface area contributed by atoms with Crippen LogP contribution in [0.1, 0.15) is 49.8 Å². The Morgan fingerprint density at radius 2 is 1.95 bits per heavy atom. The molecule has 0 saturated heterocycles. The summed E-state index contributed by atoms with van der Waals surface area (Å²) in [6, 6.07) is 11.1. The van der Waals surface area contributed by atoms with Gasteiger partial charge in [-0.2, -0.15) is 17.0 Å². The Balaban J connectivity index is 1.99. The fourth-order valence-corrected chi connectivity index (χ4v) is 3.78. The van der Waals surface area contributed by atoms with Gasteiger partial charge in [0, 0.05) is 17.3 Å². The first-order valence-electron chi connectivity index (χ1n) is 7.03. The summed E-state index contributed by atoms with van der Waals surface area (Å²) >= 11 is 1.99. The summed E-state index contributed by atoms with van der Waals surface area (Å²) in [5.74, 6) is 0. The molecule has 1 aromatic carbocycles. The van der Waals surface area contributed by atoms with Crippen molar-refractivity contribution in [3.05, 3.63) is 35.4 Å². The van der Waals surface area contributed by atoms with Gasteiger partial charge < -0.3 is 5.32 Å². The van der Waals surface area contributed by atoms with Crippen LogP contribution in [0.25, 0.3) is 0 Å². The molecule has 0 amide bonds. The fraction of sp³-hybridized carbons (Fsp3) is 0.562. The van der Waals surface area contributed by atoms with Crippen LogP contribution in [0.15, 0.2) is 24.3 Å². The highest BCUT2D eigenvalue weighted by Gasteiger charge is 2.25. The van der Waals surface area contributed by atoms with E-state index in [1.807, 2.05) is 23.9 Å². The van der Waals surface area contributed by atoms with E-state index in [1.54, 1.807) is 0 Å². The van der Waals surface area contributed by atoms with Crippen LogP contribution in [0.2, 0.25) is 0 Å². The Morgan fingerprint density at radius 1 is 1.26 bits per heavy atom. The molecule has 1 aliphatic carbocycles. The first kappa shape index (κ1) is 14.4. The number of nitrogens with one attached hydrogen (secondary N) is 1. The molecule has 1 fully saturated rings. The van der Waals surface area contributed by atoms with Crippen LogP contribution in [0.3, 0.4) is 0 Å². The van der Waals surface area contributed by atoms with Crippen LogP contribution in [0.5, 0.6) is 0 Å². The molecule has 0 radical (unpaired) electrons. The van der Waals surface area contributed by atoms with Crippen LogP contribution in [0, 0.1) is 11.3 Å². The number of hydrogen-bond donors (Lipinski definition) is 1. The maximum atomic E-state index is 8.83. The lowest BCUT2D eigenvalue weighted by Crippen LogP contribution is -2.41. The number of thioether (sulfide) groups is 1. The van der Waals surface area contributed by atoms with Gasteiger partial charge in [-0.1, -0.05) is 25.0 Å². The van der Waals surface area contributed by atoms with Crippen molar-refractivity contribution in [1.29, 1.82) is 5.26 Å². The number of benzene rings is 1. The third-order valence-electron chi connectivity index (χ3n) is 4.01. The molecule has 1 aromatic rings. The van der Waals surface area contributed by atoms with Crippen molar-refractivity contribution in [3.8, 4) is 6.07 Å². The second-order valence-corrected chi connectivity index (χ2v) is 6.36. The molecule has 0 heterocycles. The van der Waals surface area contributed by atoms with Gasteiger partial charge in [-0.05, 0) is 43.7 Å². The summed E-state index contributed by atoms with van der Waals surface area (Å²) < 4.78 is 0. The Morgan fingerprint density at radius 3 is 2.58 bits per heavy atom. The van der Waals surface area contributed by atoms with Crippen LogP contribution in [-0.2, 0) is 0 Å². The highest BCUT2D eigenvalue weighted by atomic mass is 32.2. The van der Waals surface area contributed by atoms with Gasteiger partial charge >= 0.3 is 0 Å². The molecular formula is C16H22N2S. The molecule has 2 rings (SSSR count). The van der Waals surface area contributed by atoms with Gasteiger partial charge in [-0.3, -0.25) is 0 Å². The van der Waals surface area contributed by atoms with Gasteiger partial charge in [0.05, 0.1) is 11.6 Å². The van der Waals surface area contributed by atoms with E-state index in [4.69, 9.17) is 5.26 Å². The summed E-state index contributed by atoms with van der Waals surface area (Å²) in [4.78, 5) is 0. The number of nitrogens with zero attached hydrogens (tertiary/aromatic N) is 1. The van der Waals surface area contributed by atoms with Gasteiger partial charge in [0.25, 0.3) is 0 Å². The zero-order valence-corrected chi connectivity index (χ0v) is 12.5. The quantitative estimate of drug-likeness (QED) is 0.905. The minimum atomic E-state index is 0.352. The summed E-state index contributed by atoms with van der Waals surface area (Å²) in [5, 5.41) is 13.3. The monoisotopic (exact) mass is 274 g/mol. The Bertz CT molecular complexity index is 435. The molecule has 102 valence electrons. The van der Waals surface area contributed by atoms with E-state index in [1.165, 1.54) is 31.2 Å². The zero-order chi connectivity index (χ0) is 13.7. The molecule has 1 aliphatic rings. The van der Waals surface area contributed by atoms with Crippen molar-refractivity contribution in [2.45, 2.75) is 49.9 Å². The summed E-state index contributed by atoms with van der Waals surface area (Å²) in [6.45, 7) is 2.22. The molecule has 0 bridgehead atoms. The van der Waals surface area contributed by atoms with Gasteiger partial charge in [-0.15, -0.1) is 0 Å². The first-order chi connectivity index (χ1) is 9.24. The third kappa shape index (κ3) is 3.75. The molecule has 2 nitrogen and oxygen atoms in total. The Kier molecular flexibility index (Phi) is 5.30. The van der Waals surface area contributed by atoms with Crippen LogP contribution < -0.4 is 5.32 Å². The third-order valence-corrected chi connectivity index (χ3v) is 5.18. The molecule has 3 atom stereocenters. The lowest BCUT2D eigenvalue weighted by Gasteiger charge is -2.33. The Labute approximate surface area is 120 Å². The summed E-state index contributed by atoms with van der Waals surface area (Å²) in [6.07, 6.45) is 7.55. The molecule has 0 spiro atoms. The number of hydrogen-bond acceptors (Lipinski definition) is 3. The molecule has 3 heteroatoms. The van der Waals surface area contributed by atoms with Crippen LogP contribution in [0.4, 0.5) is 0 Å². The van der Waals surface area contributed by atoms with Crippen molar-refractivity contribution in [1.82, 2.24) is 5.32 Å². The average molecular weight is 274 g/mol. The van der Waals surface area contributed by atoms with Gasteiger partial charge in [0.15, 0.2) is 0 Å². The van der Waals surface area contributed by atoms with E-state index in [9.17, 15) is 0 Å². The summed E-state index contributed by atoms with van der Waals surface area (Å²) in [7, 11) is 0.